The second-order valence-corrected chi connectivity index (χ2v) is 4.72. The molecule has 0 saturated heterocycles. The van der Waals surface area contributed by atoms with Gasteiger partial charge in [0.15, 0.2) is 0 Å². The zero-order chi connectivity index (χ0) is 12.0. The number of carbonyl (C=O) groups is 1. The molecule has 1 aromatic carbocycles. The molecule has 0 saturated carbocycles. The number of hydrogen-bond donors (Lipinski definition) is 0. The molecule has 0 N–H and O–H groups in total. The average molecular weight is 347 g/mol. The maximum Gasteiger partial charge on any atom is 0.341 e. The lowest BCUT2D eigenvalue weighted by atomic mass is 10.2. The van der Waals surface area contributed by atoms with E-state index in [1.54, 1.807) is 13.2 Å². The fourth-order valence-electron chi connectivity index (χ4n) is 1.19. The number of hydrogen-bond acceptors (Lipinski definition) is 3. The van der Waals surface area contributed by atoms with Crippen LogP contribution in [0.25, 0.3) is 0 Å². The second-order valence-electron chi connectivity index (χ2n) is 3.06. The summed E-state index contributed by atoms with van der Waals surface area (Å²) in [5.41, 5.74) is 0.475. The number of esters is 1. The molecule has 5 heteroatoms. The van der Waals surface area contributed by atoms with Gasteiger partial charge in [-0.2, -0.15) is 0 Å². The maximum atomic E-state index is 11.7. The van der Waals surface area contributed by atoms with Gasteiger partial charge in [0.2, 0.25) is 0 Å². The van der Waals surface area contributed by atoms with Gasteiger partial charge in [-0.3, -0.25) is 0 Å². The molecule has 1 rings (SSSR count). The molecule has 0 aliphatic heterocycles. The summed E-state index contributed by atoms with van der Waals surface area (Å²) in [5, 5.41) is 0. The van der Waals surface area contributed by atoms with Crippen LogP contribution in [-0.4, -0.2) is 29.9 Å². The van der Waals surface area contributed by atoms with Crippen LogP contribution in [0.3, 0.4) is 0 Å². The van der Waals surface area contributed by atoms with Crippen molar-refractivity contribution in [3.05, 3.63) is 27.3 Å². The summed E-state index contributed by atoms with van der Waals surface area (Å²) < 4.78 is 11.2. The van der Waals surface area contributed by atoms with Crippen LogP contribution in [0.1, 0.15) is 16.8 Å². The first-order valence-corrected chi connectivity index (χ1v) is 6.63. The van der Waals surface area contributed by atoms with Crippen molar-refractivity contribution >= 4 is 38.8 Å². The van der Waals surface area contributed by atoms with Crippen LogP contribution >= 0.6 is 22.6 Å². The van der Waals surface area contributed by atoms with E-state index < -0.39 is 0 Å². The van der Waals surface area contributed by atoms with Gasteiger partial charge in [0.05, 0.1) is 17.3 Å². The molecule has 16 heavy (non-hydrogen) atoms. The van der Waals surface area contributed by atoms with Crippen LogP contribution in [-0.2, 0) is 4.74 Å². The fourth-order valence-corrected chi connectivity index (χ4v) is 2.05. The Morgan fingerprint density at radius 2 is 2.25 bits per heavy atom. The van der Waals surface area contributed by atoms with E-state index in [2.05, 4.69) is 32.8 Å². The van der Waals surface area contributed by atoms with Gasteiger partial charge in [-0.25, -0.2) is 4.79 Å². The van der Waals surface area contributed by atoms with Crippen molar-refractivity contribution in [2.45, 2.75) is 12.5 Å². The van der Waals surface area contributed by atoms with E-state index in [1.165, 1.54) is 0 Å². The highest BCUT2D eigenvalue weighted by Gasteiger charge is 2.15. The molecule has 0 bridgehead atoms. The molecule has 0 unspecified atom stereocenters. The first-order chi connectivity index (χ1) is 7.70. The number of benzene rings is 1. The minimum Gasteiger partial charge on any atom is -0.495 e. The lowest BCUT2D eigenvalue weighted by Gasteiger charge is -2.09. The van der Waals surface area contributed by atoms with Gasteiger partial charge in [-0.1, -0.05) is 12.1 Å². The third kappa shape index (κ3) is 3.48. The van der Waals surface area contributed by atoms with Crippen LogP contribution < -0.4 is 4.74 Å². The molecular weight excluding hydrogens is 335 g/mol. The molecule has 0 spiro atoms. The number of ether oxygens (including phenoxy) is 2. The van der Waals surface area contributed by atoms with Crippen molar-refractivity contribution in [3.8, 4) is 5.75 Å². The number of para-hydroxylation sites is 1. The molecule has 0 aliphatic rings. The number of methoxy groups -OCH3 is 1. The Labute approximate surface area is 112 Å². The van der Waals surface area contributed by atoms with Gasteiger partial charge < -0.3 is 9.47 Å². The van der Waals surface area contributed by atoms with Crippen molar-refractivity contribution in [2.75, 3.05) is 13.7 Å². The summed E-state index contributed by atoms with van der Waals surface area (Å²) in [6.45, 7) is 0.414. The van der Waals surface area contributed by atoms with Crippen molar-refractivity contribution < 1.29 is 14.3 Å². The largest absolute Gasteiger partial charge is 0.495 e. The summed E-state index contributed by atoms with van der Waals surface area (Å²) in [6, 6.07) is 6.22. The topological polar surface area (TPSA) is 35.5 Å². The Morgan fingerprint density at radius 1 is 1.50 bits per heavy atom. The average Bonchev–Trinajstić information content (AvgIpc) is 2.29. The molecule has 1 aromatic rings. The lowest BCUT2D eigenvalue weighted by Crippen LogP contribution is -2.08. The standard InChI is InChI=1S/C11H12IO3Si/c1-14-10-8(4-2-5-9(10)12)11(13)15-6-3-7-16/h2,4-5H,3,6-7H2,1H3. The van der Waals surface area contributed by atoms with Gasteiger partial charge in [0, 0.05) is 10.2 Å². The molecule has 3 nitrogen and oxygen atoms in total. The van der Waals surface area contributed by atoms with Crippen LogP contribution in [0.15, 0.2) is 18.2 Å². The van der Waals surface area contributed by atoms with Crippen molar-refractivity contribution in [1.29, 1.82) is 0 Å². The van der Waals surface area contributed by atoms with E-state index >= 15 is 0 Å². The van der Waals surface area contributed by atoms with Crippen LogP contribution in [0.5, 0.6) is 5.75 Å². The van der Waals surface area contributed by atoms with Gasteiger partial charge in [0.1, 0.15) is 11.3 Å². The summed E-state index contributed by atoms with van der Waals surface area (Å²) >= 11 is 2.12. The minimum absolute atomic E-state index is 0.338. The van der Waals surface area contributed by atoms with Gasteiger partial charge in [0.25, 0.3) is 0 Å². The SMILES string of the molecule is COc1c(I)cccc1C(=O)OCCC[Si]. The Balaban J connectivity index is 2.78. The zero-order valence-corrected chi connectivity index (χ0v) is 12.1. The zero-order valence-electron chi connectivity index (χ0n) is 8.96. The fraction of sp³-hybridized carbons (Fsp3) is 0.364. The van der Waals surface area contributed by atoms with Crippen molar-refractivity contribution in [1.82, 2.24) is 0 Å². The number of carbonyl (C=O) groups excluding carboxylic acids is 1. The maximum absolute atomic E-state index is 11.7. The summed E-state index contributed by atoms with van der Waals surface area (Å²) in [7, 11) is 4.87. The van der Waals surface area contributed by atoms with Gasteiger partial charge in [-0.15, -0.1) is 0 Å². The highest BCUT2D eigenvalue weighted by atomic mass is 127. The lowest BCUT2D eigenvalue weighted by molar-refractivity contribution is 0.0501. The van der Waals surface area contributed by atoms with E-state index in [1.807, 2.05) is 12.1 Å². The van der Waals surface area contributed by atoms with Gasteiger partial charge >= 0.3 is 5.97 Å². The summed E-state index contributed by atoms with van der Waals surface area (Å²) in [4.78, 5) is 11.7. The molecule has 0 fully saturated rings. The molecule has 0 amide bonds. The molecule has 0 heterocycles. The van der Waals surface area contributed by atoms with E-state index in [-0.39, 0.29) is 5.97 Å². The monoisotopic (exact) mass is 347 g/mol. The third-order valence-electron chi connectivity index (χ3n) is 1.95. The molecule has 0 atom stereocenters. The predicted molar refractivity (Wildman–Crippen MR) is 71.2 cm³/mol. The predicted octanol–water partition coefficient (Wildman–Crippen LogP) is 2.43. The molecule has 85 valence electrons. The minimum atomic E-state index is -0.338. The van der Waals surface area contributed by atoms with E-state index in [0.29, 0.717) is 17.9 Å². The smallest absolute Gasteiger partial charge is 0.341 e. The Hall–Kier alpha value is -0.563. The van der Waals surface area contributed by atoms with Crippen LogP contribution in [0, 0.1) is 3.57 Å². The Bertz CT molecular complexity index is 368. The second kappa shape index (κ2) is 6.90. The van der Waals surface area contributed by atoms with Crippen molar-refractivity contribution in [3.63, 3.8) is 0 Å². The number of halogens is 1. The Morgan fingerprint density at radius 3 is 2.88 bits per heavy atom. The first kappa shape index (κ1) is 13.5. The molecule has 3 radical (unpaired) electrons. The molecular formula is C11H12IO3Si. The van der Waals surface area contributed by atoms with E-state index in [4.69, 9.17) is 9.47 Å². The molecule has 0 aliphatic carbocycles. The Kier molecular flexibility index (Phi) is 5.82. The third-order valence-corrected chi connectivity index (χ3v) is 3.15. The van der Waals surface area contributed by atoms with E-state index in [9.17, 15) is 4.79 Å². The van der Waals surface area contributed by atoms with Gasteiger partial charge in [-0.05, 0) is 41.1 Å². The highest BCUT2D eigenvalue weighted by Crippen LogP contribution is 2.25. The molecule has 0 aromatic heterocycles. The quantitative estimate of drug-likeness (QED) is 0.355. The number of rotatable bonds is 5. The summed E-state index contributed by atoms with van der Waals surface area (Å²) in [6.07, 6.45) is 0.800. The van der Waals surface area contributed by atoms with E-state index in [0.717, 1.165) is 16.0 Å². The highest BCUT2D eigenvalue weighted by molar-refractivity contribution is 14.1. The first-order valence-electron chi connectivity index (χ1n) is 4.85. The summed E-state index contributed by atoms with van der Waals surface area (Å²) in [5.74, 6) is 0.238. The van der Waals surface area contributed by atoms with Crippen LogP contribution in [0.2, 0.25) is 6.04 Å². The van der Waals surface area contributed by atoms with Crippen molar-refractivity contribution in [2.24, 2.45) is 0 Å². The normalized spacial score (nSPS) is 9.94. The van der Waals surface area contributed by atoms with Crippen LogP contribution in [0.4, 0.5) is 0 Å².